The molecule has 128 valence electrons. The van der Waals surface area contributed by atoms with E-state index in [4.69, 9.17) is 0 Å². The Morgan fingerprint density at radius 2 is 1.38 bits per heavy atom. The second kappa shape index (κ2) is 7.58. The molecule has 0 heteroatoms. The molecule has 0 N–H and O–H groups in total. The topological polar surface area (TPSA) is 0 Å². The van der Waals surface area contributed by atoms with E-state index >= 15 is 0 Å². The summed E-state index contributed by atoms with van der Waals surface area (Å²) >= 11 is 0. The molecule has 3 aromatic rings. The van der Waals surface area contributed by atoms with Crippen molar-refractivity contribution in [2.24, 2.45) is 0 Å². The third-order valence-electron chi connectivity index (χ3n) is 5.00. The Hall–Kier alpha value is -2.86. The Morgan fingerprint density at radius 3 is 2.12 bits per heavy atom. The molecule has 0 heterocycles. The van der Waals surface area contributed by atoms with Crippen molar-refractivity contribution >= 4 is 5.57 Å². The largest absolute Gasteiger partial charge is 0.0726 e. The first-order valence-corrected chi connectivity index (χ1v) is 9.35. The highest BCUT2D eigenvalue weighted by Gasteiger charge is 2.09. The Kier molecular flexibility index (Phi) is 4.84. The lowest BCUT2D eigenvalue weighted by atomic mass is 9.99. The molecular formula is C26H24. The molecule has 4 rings (SSSR count). The standard InChI is InChI=1S/C26H24/c1-20-6-5-9-25(16-20)26-15-14-24(19-26)18-23-12-10-22(11-13-23)17-21-7-3-2-4-8-21/h2-13,15-16,19H,14,17-18H2,1H3. The van der Waals surface area contributed by atoms with Gasteiger partial charge in [0.1, 0.15) is 0 Å². The summed E-state index contributed by atoms with van der Waals surface area (Å²) in [5.41, 5.74) is 9.65. The maximum Gasteiger partial charge on any atom is -0.00258 e. The van der Waals surface area contributed by atoms with Crippen LogP contribution in [-0.4, -0.2) is 0 Å². The molecule has 1 aliphatic carbocycles. The highest BCUT2D eigenvalue weighted by atomic mass is 14.1. The third kappa shape index (κ3) is 4.03. The molecule has 0 fully saturated rings. The normalized spacial score (nSPS) is 13.4. The minimum absolute atomic E-state index is 1.00. The maximum absolute atomic E-state index is 2.37. The minimum atomic E-state index is 1.00. The monoisotopic (exact) mass is 336 g/mol. The van der Waals surface area contributed by atoms with Gasteiger partial charge in [-0.3, -0.25) is 0 Å². The summed E-state index contributed by atoms with van der Waals surface area (Å²) in [7, 11) is 0. The van der Waals surface area contributed by atoms with Gasteiger partial charge in [-0.05, 0) is 54.0 Å². The molecule has 0 spiro atoms. The zero-order valence-electron chi connectivity index (χ0n) is 15.3. The number of rotatable bonds is 5. The van der Waals surface area contributed by atoms with Crippen LogP contribution in [0.4, 0.5) is 0 Å². The van der Waals surface area contributed by atoms with Crippen molar-refractivity contribution in [1.82, 2.24) is 0 Å². The van der Waals surface area contributed by atoms with E-state index in [1.807, 2.05) is 0 Å². The first-order valence-electron chi connectivity index (χ1n) is 9.35. The second-order valence-corrected chi connectivity index (χ2v) is 7.19. The van der Waals surface area contributed by atoms with Crippen LogP contribution in [0.1, 0.15) is 34.2 Å². The van der Waals surface area contributed by atoms with Crippen LogP contribution < -0.4 is 0 Å². The predicted molar refractivity (Wildman–Crippen MR) is 111 cm³/mol. The number of hydrogen-bond donors (Lipinski definition) is 0. The summed E-state index contributed by atoms with van der Waals surface area (Å²) in [5.74, 6) is 0. The summed E-state index contributed by atoms with van der Waals surface area (Å²) < 4.78 is 0. The quantitative estimate of drug-likeness (QED) is 0.496. The van der Waals surface area contributed by atoms with E-state index in [1.54, 1.807) is 0 Å². The first-order chi connectivity index (χ1) is 12.8. The van der Waals surface area contributed by atoms with Crippen LogP contribution in [0.25, 0.3) is 5.57 Å². The number of benzene rings is 3. The molecule has 0 saturated heterocycles. The Balaban J connectivity index is 1.41. The highest BCUT2D eigenvalue weighted by molar-refractivity contribution is 5.78. The summed E-state index contributed by atoms with van der Waals surface area (Å²) in [4.78, 5) is 0. The van der Waals surface area contributed by atoms with E-state index in [9.17, 15) is 0 Å². The van der Waals surface area contributed by atoms with Crippen LogP contribution in [0.3, 0.4) is 0 Å². The van der Waals surface area contributed by atoms with Crippen LogP contribution in [0, 0.1) is 6.92 Å². The number of allylic oxidation sites excluding steroid dienone is 4. The smallest absolute Gasteiger partial charge is 0.00258 e. The van der Waals surface area contributed by atoms with E-state index < -0.39 is 0 Å². The second-order valence-electron chi connectivity index (χ2n) is 7.19. The van der Waals surface area contributed by atoms with Crippen LogP contribution >= 0.6 is 0 Å². The zero-order chi connectivity index (χ0) is 17.8. The van der Waals surface area contributed by atoms with Gasteiger partial charge in [0.25, 0.3) is 0 Å². The summed E-state index contributed by atoms with van der Waals surface area (Å²) in [6.45, 7) is 2.15. The minimum Gasteiger partial charge on any atom is -0.0726 e. The SMILES string of the molecule is Cc1cccc(C2=CCC(Cc3ccc(Cc4ccccc4)cc3)=C2)c1. The Morgan fingerprint density at radius 1 is 0.692 bits per heavy atom. The Labute approximate surface area is 156 Å². The Bertz CT molecular complexity index is 941. The molecule has 0 atom stereocenters. The number of hydrogen-bond acceptors (Lipinski definition) is 0. The molecule has 0 unspecified atom stereocenters. The van der Waals surface area contributed by atoms with Crippen molar-refractivity contribution in [2.75, 3.05) is 0 Å². The molecule has 0 radical (unpaired) electrons. The van der Waals surface area contributed by atoms with Gasteiger partial charge in [0.2, 0.25) is 0 Å². The fourth-order valence-electron chi connectivity index (χ4n) is 3.60. The van der Waals surface area contributed by atoms with Gasteiger partial charge in [0, 0.05) is 0 Å². The first kappa shape index (κ1) is 16.6. The van der Waals surface area contributed by atoms with Gasteiger partial charge in [-0.25, -0.2) is 0 Å². The molecule has 0 aromatic heterocycles. The lowest BCUT2D eigenvalue weighted by molar-refractivity contribution is 1.08. The maximum atomic E-state index is 2.37. The molecule has 1 aliphatic rings. The van der Waals surface area contributed by atoms with Gasteiger partial charge in [-0.15, -0.1) is 0 Å². The van der Waals surface area contributed by atoms with Crippen molar-refractivity contribution in [2.45, 2.75) is 26.2 Å². The van der Waals surface area contributed by atoms with Crippen LogP contribution in [0.2, 0.25) is 0 Å². The van der Waals surface area contributed by atoms with Crippen LogP contribution in [0.5, 0.6) is 0 Å². The van der Waals surface area contributed by atoms with Crippen LogP contribution in [-0.2, 0) is 12.8 Å². The van der Waals surface area contributed by atoms with E-state index in [2.05, 4.69) is 97.9 Å². The lowest BCUT2D eigenvalue weighted by Gasteiger charge is -2.06. The van der Waals surface area contributed by atoms with Gasteiger partial charge in [-0.2, -0.15) is 0 Å². The van der Waals surface area contributed by atoms with Gasteiger partial charge in [-0.1, -0.05) is 102 Å². The molecule has 0 saturated carbocycles. The fourth-order valence-corrected chi connectivity index (χ4v) is 3.60. The highest BCUT2D eigenvalue weighted by Crippen LogP contribution is 2.28. The van der Waals surface area contributed by atoms with Gasteiger partial charge in [0.05, 0.1) is 0 Å². The summed E-state index contributed by atoms with van der Waals surface area (Å²) in [6.07, 6.45) is 7.83. The molecular weight excluding hydrogens is 312 g/mol. The van der Waals surface area contributed by atoms with Crippen molar-refractivity contribution in [3.05, 3.63) is 124 Å². The van der Waals surface area contributed by atoms with Crippen molar-refractivity contribution in [3.8, 4) is 0 Å². The van der Waals surface area contributed by atoms with Crippen molar-refractivity contribution in [3.63, 3.8) is 0 Å². The van der Waals surface area contributed by atoms with Crippen LogP contribution in [0.15, 0.2) is 96.6 Å². The molecule has 0 amide bonds. The molecule has 0 nitrogen and oxygen atoms in total. The molecule has 0 bridgehead atoms. The van der Waals surface area contributed by atoms with Gasteiger partial charge < -0.3 is 0 Å². The van der Waals surface area contributed by atoms with E-state index in [1.165, 1.54) is 39.0 Å². The summed E-state index contributed by atoms with van der Waals surface area (Å²) in [6, 6.07) is 28.5. The van der Waals surface area contributed by atoms with E-state index in [-0.39, 0.29) is 0 Å². The van der Waals surface area contributed by atoms with Crippen molar-refractivity contribution in [1.29, 1.82) is 0 Å². The molecule has 26 heavy (non-hydrogen) atoms. The average Bonchev–Trinajstić information content (AvgIpc) is 3.13. The van der Waals surface area contributed by atoms with Gasteiger partial charge >= 0.3 is 0 Å². The summed E-state index contributed by atoms with van der Waals surface area (Å²) in [5, 5.41) is 0. The molecule has 0 aliphatic heterocycles. The fraction of sp³-hybridized carbons (Fsp3) is 0.154. The predicted octanol–water partition coefficient (Wildman–Crippen LogP) is 6.54. The van der Waals surface area contributed by atoms with Crippen molar-refractivity contribution < 1.29 is 0 Å². The van der Waals surface area contributed by atoms with Gasteiger partial charge in [0.15, 0.2) is 0 Å². The zero-order valence-corrected chi connectivity index (χ0v) is 15.3. The third-order valence-corrected chi connectivity index (χ3v) is 5.00. The molecule has 3 aromatic carbocycles. The lowest BCUT2D eigenvalue weighted by Crippen LogP contribution is -1.91. The average molecular weight is 336 g/mol. The van der Waals surface area contributed by atoms with E-state index in [0.717, 1.165) is 19.3 Å². The van der Waals surface area contributed by atoms with E-state index in [0.29, 0.717) is 0 Å². The number of aryl methyl sites for hydroxylation is 1.